The van der Waals surface area contributed by atoms with E-state index in [1.54, 1.807) is 38.4 Å². The topological polar surface area (TPSA) is 33.1 Å². The molecule has 0 atom stereocenters. The van der Waals surface area contributed by atoms with Crippen LogP contribution in [0, 0.1) is 11.8 Å². The average molecular weight is 161 g/mol. The number of nitrogens with zero attached hydrogens (tertiary/aromatic N) is 1. The monoisotopic (exact) mass is 161 g/mol. The Morgan fingerprint density at radius 1 is 1.33 bits per heavy atom. The largest absolute Gasteiger partial charge is 0.378 e. The summed E-state index contributed by atoms with van der Waals surface area (Å²) in [6.07, 6.45) is 3.35. The van der Waals surface area contributed by atoms with Crippen molar-refractivity contribution < 1.29 is 5.11 Å². The number of pyridine rings is 1. The summed E-state index contributed by atoms with van der Waals surface area (Å²) >= 11 is 0. The van der Waals surface area contributed by atoms with Gasteiger partial charge in [0.1, 0.15) is 5.60 Å². The molecule has 0 aromatic carbocycles. The number of rotatable bonds is 0. The van der Waals surface area contributed by atoms with Crippen molar-refractivity contribution >= 4 is 0 Å². The minimum absolute atomic E-state index is 0.868. The molecule has 0 radical (unpaired) electrons. The van der Waals surface area contributed by atoms with Crippen LogP contribution < -0.4 is 0 Å². The fourth-order valence-electron chi connectivity index (χ4n) is 0.660. The summed E-state index contributed by atoms with van der Waals surface area (Å²) in [5.74, 6) is 5.56. The summed E-state index contributed by atoms with van der Waals surface area (Å²) in [5, 5.41) is 9.29. The molecule has 1 aromatic heterocycles. The summed E-state index contributed by atoms with van der Waals surface area (Å²) in [4.78, 5) is 3.86. The van der Waals surface area contributed by atoms with E-state index in [4.69, 9.17) is 0 Å². The Kier molecular flexibility index (Phi) is 2.47. The number of hydrogen-bond acceptors (Lipinski definition) is 2. The molecule has 0 aliphatic carbocycles. The Hall–Kier alpha value is -1.33. The van der Waals surface area contributed by atoms with Gasteiger partial charge < -0.3 is 5.11 Å². The number of hydrogen-bond donors (Lipinski definition) is 1. The molecule has 0 fully saturated rings. The maximum absolute atomic E-state index is 9.29. The van der Waals surface area contributed by atoms with Crippen LogP contribution in [-0.2, 0) is 0 Å². The Morgan fingerprint density at radius 2 is 1.92 bits per heavy atom. The summed E-state index contributed by atoms with van der Waals surface area (Å²) in [5.41, 5.74) is -0.0596. The Balaban J connectivity index is 2.81. The zero-order chi connectivity index (χ0) is 9.03. The molecule has 2 nitrogen and oxygen atoms in total. The number of aliphatic hydroxyl groups is 1. The first-order valence-electron chi connectivity index (χ1n) is 3.73. The van der Waals surface area contributed by atoms with Crippen molar-refractivity contribution in [3.63, 3.8) is 0 Å². The highest BCUT2D eigenvalue weighted by Crippen LogP contribution is 1.99. The van der Waals surface area contributed by atoms with Gasteiger partial charge in [0, 0.05) is 18.0 Å². The fourth-order valence-corrected chi connectivity index (χ4v) is 0.660. The molecule has 0 spiro atoms. The van der Waals surface area contributed by atoms with Gasteiger partial charge in [-0.3, -0.25) is 4.98 Å². The minimum atomic E-state index is -0.927. The van der Waals surface area contributed by atoms with Crippen molar-refractivity contribution in [1.29, 1.82) is 0 Å². The van der Waals surface area contributed by atoms with E-state index in [2.05, 4.69) is 16.8 Å². The van der Waals surface area contributed by atoms with E-state index in [1.165, 1.54) is 0 Å². The molecule has 0 saturated carbocycles. The van der Waals surface area contributed by atoms with Gasteiger partial charge in [-0.2, -0.15) is 0 Å². The van der Waals surface area contributed by atoms with Crippen LogP contribution in [0.2, 0.25) is 0 Å². The lowest BCUT2D eigenvalue weighted by Gasteiger charge is -2.05. The predicted octanol–water partition coefficient (Wildman–Crippen LogP) is 1.20. The molecule has 1 N–H and O–H groups in total. The molecule has 0 bridgehead atoms. The lowest BCUT2D eigenvalue weighted by molar-refractivity contribution is 0.143. The van der Waals surface area contributed by atoms with Crippen LogP contribution in [0.1, 0.15) is 19.4 Å². The van der Waals surface area contributed by atoms with Crippen LogP contribution in [0.25, 0.3) is 0 Å². The summed E-state index contributed by atoms with van der Waals surface area (Å²) in [6.45, 7) is 3.31. The first kappa shape index (κ1) is 8.76. The molecule has 62 valence electrons. The molecule has 2 heteroatoms. The molecular weight excluding hydrogens is 150 g/mol. The third kappa shape index (κ3) is 3.18. The van der Waals surface area contributed by atoms with Gasteiger partial charge in [-0.15, -0.1) is 0 Å². The van der Waals surface area contributed by atoms with E-state index >= 15 is 0 Å². The molecule has 0 amide bonds. The van der Waals surface area contributed by atoms with Gasteiger partial charge in [-0.25, -0.2) is 0 Å². The zero-order valence-electron chi connectivity index (χ0n) is 7.20. The van der Waals surface area contributed by atoms with E-state index in [0.29, 0.717) is 0 Å². The van der Waals surface area contributed by atoms with E-state index in [0.717, 1.165) is 5.56 Å². The van der Waals surface area contributed by atoms with Crippen molar-refractivity contribution in [1.82, 2.24) is 4.98 Å². The normalized spacial score (nSPS) is 10.2. The van der Waals surface area contributed by atoms with Gasteiger partial charge >= 0.3 is 0 Å². The van der Waals surface area contributed by atoms with E-state index in [-0.39, 0.29) is 0 Å². The second-order valence-electron chi connectivity index (χ2n) is 3.04. The standard InChI is InChI=1S/C10H11NO/c1-10(2,12)6-3-9-4-7-11-8-5-9/h4-5,7-8,12H,1-2H3. The Morgan fingerprint density at radius 3 is 2.42 bits per heavy atom. The molecule has 1 rings (SSSR count). The average Bonchev–Trinajstić information content (AvgIpc) is 2.02. The van der Waals surface area contributed by atoms with Gasteiger partial charge in [-0.1, -0.05) is 11.8 Å². The molecule has 0 aliphatic rings. The third-order valence-electron chi connectivity index (χ3n) is 1.19. The highest BCUT2D eigenvalue weighted by atomic mass is 16.3. The van der Waals surface area contributed by atoms with Crippen molar-refractivity contribution in [2.24, 2.45) is 0 Å². The lowest BCUT2D eigenvalue weighted by Crippen LogP contribution is -2.14. The van der Waals surface area contributed by atoms with Gasteiger partial charge in [0.05, 0.1) is 0 Å². The minimum Gasteiger partial charge on any atom is -0.378 e. The summed E-state index contributed by atoms with van der Waals surface area (Å²) < 4.78 is 0. The first-order chi connectivity index (χ1) is 5.58. The maximum atomic E-state index is 9.29. The van der Waals surface area contributed by atoms with Crippen LogP contribution >= 0.6 is 0 Å². The van der Waals surface area contributed by atoms with Crippen molar-refractivity contribution in [3.05, 3.63) is 30.1 Å². The van der Waals surface area contributed by atoms with Crippen LogP contribution in [-0.4, -0.2) is 15.7 Å². The van der Waals surface area contributed by atoms with E-state index in [1.807, 2.05) is 0 Å². The van der Waals surface area contributed by atoms with Gasteiger partial charge in [0.25, 0.3) is 0 Å². The second-order valence-corrected chi connectivity index (χ2v) is 3.04. The Labute approximate surface area is 72.3 Å². The van der Waals surface area contributed by atoms with E-state index < -0.39 is 5.60 Å². The molecule has 0 unspecified atom stereocenters. The molecule has 0 aliphatic heterocycles. The first-order valence-corrected chi connectivity index (χ1v) is 3.73. The molecule has 1 heterocycles. The summed E-state index contributed by atoms with van der Waals surface area (Å²) in [7, 11) is 0. The molecule has 12 heavy (non-hydrogen) atoms. The van der Waals surface area contributed by atoms with E-state index in [9.17, 15) is 5.11 Å². The van der Waals surface area contributed by atoms with Gasteiger partial charge in [-0.05, 0) is 26.0 Å². The second kappa shape index (κ2) is 3.38. The fraction of sp³-hybridized carbons (Fsp3) is 0.300. The SMILES string of the molecule is CC(C)(O)C#Cc1ccncc1. The van der Waals surface area contributed by atoms with Crippen molar-refractivity contribution in [3.8, 4) is 11.8 Å². The van der Waals surface area contributed by atoms with Crippen LogP contribution in [0.4, 0.5) is 0 Å². The maximum Gasteiger partial charge on any atom is 0.120 e. The molecule has 1 aromatic rings. The Bertz CT molecular complexity index is 300. The van der Waals surface area contributed by atoms with Crippen LogP contribution in [0.3, 0.4) is 0 Å². The van der Waals surface area contributed by atoms with Gasteiger partial charge in [0.15, 0.2) is 0 Å². The van der Waals surface area contributed by atoms with Crippen LogP contribution in [0.5, 0.6) is 0 Å². The number of aromatic nitrogens is 1. The predicted molar refractivity (Wildman–Crippen MR) is 47.4 cm³/mol. The quantitative estimate of drug-likeness (QED) is 0.580. The van der Waals surface area contributed by atoms with Crippen LogP contribution in [0.15, 0.2) is 24.5 Å². The van der Waals surface area contributed by atoms with Crippen molar-refractivity contribution in [2.75, 3.05) is 0 Å². The molecule has 0 saturated heterocycles. The summed E-state index contributed by atoms with van der Waals surface area (Å²) in [6, 6.07) is 3.61. The third-order valence-corrected chi connectivity index (χ3v) is 1.19. The zero-order valence-corrected chi connectivity index (χ0v) is 7.20. The van der Waals surface area contributed by atoms with Gasteiger partial charge in [0.2, 0.25) is 0 Å². The highest BCUT2D eigenvalue weighted by Gasteiger charge is 2.05. The lowest BCUT2D eigenvalue weighted by atomic mass is 10.1. The molecular formula is C10H11NO. The smallest absolute Gasteiger partial charge is 0.120 e. The van der Waals surface area contributed by atoms with Crippen molar-refractivity contribution in [2.45, 2.75) is 19.4 Å². The highest BCUT2D eigenvalue weighted by molar-refractivity contribution is 5.33.